The third-order valence-corrected chi connectivity index (χ3v) is 6.10. The molecule has 0 atom stereocenters. The minimum Gasteiger partial charge on any atom is -0.466 e. The van der Waals surface area contributed by atoms with Crippen LogP contribution in [0, 0.1) is 0 Å². The predicted octanol–water partition coefficient (Wildman–Crippen LogP) is 5.25. The first kappa shape index (κ1) is 31.2. The van der Waals surface area contributed by atoms with Crippen LogP contribution in [0.5, 0.6) is 0 Å². The highest BCUT2D eigenvalue weighted by Crippen LogP contribution is 2.18. The number of Topliss-reactive ketones (excluding diaryl/α,β-unsaturated/α-hetero) is 1. The molecule has 0 aromatic heterocycles. The van der Waals surface area contributed by atoms with E-state index >= 15 is 0 Å². The number of rotatable bonds is 17. The van der Waals surface area contributed by atoms with E-state index in [4.69, 9.17) is 15.0 Å². The van der Waals surface area contributed by atoms with Crippen molar-refractivity contribution in [3.05, 3.63) is 29.8 Å². The predicted molar refractivity (Wildman–Crippen MR) is 132 cm³/mol. The number of esters is 1. The highest BCUT2D eigenvalue weighted by Gasteiger charge is 2.13. The van der Waals surface area contributed by atoms with E-state index in [2.05, 4.69) is 13.8 Å². The van der Waals surface area contributed by atoms with Crippen LogP contribution >= 0.6 is 0 Å². The van der Waals surface area contributed by atoms with E-state index in [0.717, 1.165) is 31.2 Å². The van der Waals surface area contributed by atoms with Crippen LogP contribution in [0.25, 0.3) is 0 Å². The summed E-state index contributed by atoms with van der Waals surface area (Å²) in [5, 5.41) is 0. The van der Waals surface area contributed by atoms with Crippen molar-refractivity contribution in [3.63, 3.8) is 0 Å². The summed E-state index contributed by atoms with van der Waals surface area (Å²) >= 11 is 0. The number of carbonyl (C=O) groups excluding carboxylic acids is 2. The van der Waals surface area contributed by atoms with Gasteiger partial charge in [0.15, 0.2) is 0 Å². The number of hydrogen-bond donors (Lipinski definition) is 2. The zero-order chi connectivity index (χ0) is 25.0. The first-order valence-corrected chi connectivity index (χ1v) is 13.6. The second-order valence-electron chi connectivity index (χ2n) is 8.12. The smallest absolute Gasteiger partial charge is 0.306 e. The lowest BCUT2D eigenvalue weighted by atomic mass is 10.1. The fraction of sp³-hybridized carbons (Fsp3) is 0.680. The fourth-order valence-corrected chi connectivity index (χ4v) is 3.94. The zero-order valence-electron chi connectivity index (χ0n) is 20.4. The first-order chi connectivity index (χ1) is 15.8. The number of carbonyl (C=O) groups is 2. The molecule has 1 aromatic carbocycles. The van der Waals surface area contributed by atoms with Gasteiger partial charge in [-0.05, 0) is 30.9 Å². The Hall–Kier alpha value is -1.77. The average Bonchev–Trinajstić information content (AvgIpc) is 2.79. The summed E-state index contributed by atoms with van der Waals surface area (Å²) in [7, 11) is -4.08. The lowest BCUT2D eigenvalue weighted by Gasteiger charge is -2.06. The van der Waals surface area contributed by atoms with Crippen molar-refractivity contribution in [2.45, 2.75) is 102 Å². The molecule has 33 heavy (non-hydrogen) atoms. The maximum absolute atomic E-state index is 11.2. The van der Waals surface area contributed by atoms with Gasteiger partial charge in [0.2, 0.25) is 0 Å². The average molecular weight is 486 g/mol. The summed E-state index contributed by atoms with van der Waals surface area (Å²) in [6, 6.07) is 6.67. The second kappa shape index (κ2) is 19.7. The molecule has 0 unspecified atom stereocenters. The molecular formula is C25H43NO6S. The van der Waals surface area contributed by atoms with Crippen LogP contribution in [0.2, 0.25) is 0 Å². The first-order valence-electron chi connectivity index (χ1n) is 12.2. The number of ether oxygens (including phenoxy) is 1. The van der Waals surface area contributed by atoms with Crippen molar-refractivity contribution < 1.29 is 27.3 Å². The minimum absolute atomic E-state index is 0.00375. The van der Waals surface area contributed by atoms with E-state index in [1.807, 2.05) is 0 Å². The van der Waals surface area contributed by atoms with Crippen LogP contribution < -0.4 is 5.73 Å². The molecule has 0 spiro atoms. The lowest BCUT2D eigenvalue weighted by Crippen LogP contribution is -2.15. The van der Waals surface area contributed by atoms with Crippen LogP contribution in [0.4, 0.5) is 0 Å². The summed E-state index contributed by atoms with van der Waals surface area (Å²) in [6.07, 6.45) is 12.4. The van der Waals surface area contributed by atoms with Crippen molar-refractivity contribution in [3.8, 4) is 0 Å². The lowest BCUT2D eigenvalue weighted by molar-refractivity contribution is -0.144. The van der Waals surface area contributed by atoms with Crippen LogP contribution in [-0.2, 0) is 30.9 Å². The van der Waals surface area contributed by atoms with Gasteiger partial charge in [0.1, 0.15) is 5.78 Å². The fourth-order valence-electron chi connectivity index (χ4n) is 3.19. The van der Waals surface area contributed by atoms with Gasteiger partial charge in [0, 0.05) is 6.42 Å². The quantitative estimate of drug-likeness (QED) is 0.175. The van der Waals surface area contributed by atoms with Crippen molar-refractivity contribution in [1.82, 2.24) is 0 Å². The molecule has 0 aliphatic heterocycles. The Morgan fingerprint density at radius 2 is 1.45 bits per heavy atom. The number of hydrogen-bond acceptors (Lipinski definition) is 6. The maximum Gasteiger partial charge on any atom is 0.306 e. The molecule has 0 aliphatic rings. The molecule has 0 radical (unpaired) electrons. The van der Waals surface area contributed by atoms with Crippen LogP contribution in [-0.4, -0.2) is 37.9 Å². The largest absolute Gasteiger partial charge is 0.466 e. The molecule has 0 fully saturated rings. The SMILES string of the molecule is CCCCCCCCc1ccccc1S(=O)(=O)O.CCCCCCOC(=O)CCC(=O)CN. The van der Waals surface area contributed by atoms with Crippen molar-refractivity contribution in [2.24, 2.45) is 5.73 Å². The van der Waals surface area contributed by atoms with Gasteiger partial charge in [-0.3, -0.25) is 14.1 Å². The molecule has 190 valence electrons. The van der Waals surface area contributed by atoms with Gasteiger partial charge in [0.05, 0.1) is 24.5 Å². The number of nitrogens with two attached hydrogens (primary N) is 1. The van der Waals surface area contributed by atoms with E-state index in [0.29, 0.717) is 13.0 Å². The monoisotopic (exact) mass is 485 g/mol. The van der Waals surface area contributed by atoms with Gasteiger partial charge >= 0.3 is 5.97 Å². The molecule has 1 aromatic rings. The zero-order valence-corrected chi connectivity index (χ0v) is 21.2. The Balaban J connectivity index is 0.000000633. The Morgan fingerprint density at radius 1 is 0.879 bits per heavy atom. The summed E-state index contributed by atoms with van der Waals surface area (Å²) < 4.78 is 36.4. The summed E-state index contributed by atoms with van der Waals surface area (Å²) in [4.78, 5) is 21.9. The topological polar surface area (TPSA) is 124 Å². The second-order valence-corrected chi connectivity index (χ2v) is 9.51. The van der Waals surface area contributed by atoms with Gasteiger partial charge in [-0.25, -0.2) is 0 Å². The number of unbranched alkanes of at least 4 members (excludes halogenated alkanes) is 8. The summed E-state index contributed by atoms with van der Waals surface area (Å²) in [5.41, 5.74) is 5.83. The van der Waals surface area contributed by atoms with E-state index in [-0.39, 0.29) is 36.0 Å². The summed E-state index contributed by atoms with van der Waals surface area (Å²) in [5.74, 6) is -0.397. The van der Waals surface area contributed by atoms with Crippen molar-refractivity contribution >= 4 is 21.9 Å². The van der Waals surface area contributed by atoms with E-state index < -0.39 is 10.1 Å². The molecule has 0 bridgehead atoms. The molecule has 3 N–H and O–H groups in total. The molecule has 0 amide bonds. The number of ketones is 1. The van der Waals surface area contributed by atoms with Crippen molar-refractivity contribution in [2.75, 3.05) is 13.2 Å². The normalized spacial score (nSPS) is 10.9. The van der Waals surface area contributed by atoms with Crippen LogP contribution in [0.3, 0.4) is 0 Å². The summed E-state index contributed by atoms with van der Waals surface area (Å²) in [6.45, 7) is 4.78. The highest BCUT2D eigenvalue weighted by atomic mass is 32.2. The standard InChI is InChI=1S/C14H22O3S.C11H21NO3/c1-2-3-4-5-6-7-10-13-11-8-9-12-14(13)18(15,16)17;1-2-3-4-5-8-15-11(14)7-6-10(13)9-12/h8-9,11-12H,2-7,10H2,1H3,(H,15,16,17);2-9,12H2,1H3. The molecule has 0 saturated heterocycles. The third-order valence-electron chi connectivity index (χ3n) is 5.15. The Bertz CT molecular complexity index is 764. The van der Waals surface area contributed by atoms with Gasteiger partial charge in [-0.2, -0.15) is 8.42 Å². The number of benzene rings is 1. The Labute approximate surface area is 200 Å². The molecule has 0 saturated carbocycles. The highest BCUT2D eigenvalue weighted by molar-refractivity contribution is 7.85. The molecule has 8 heteroatoms. The molecular weight excluding hydrogens is 442 g/mol. The molecule has 0 aliphatic carbocycles. The van der Waals surface area contributed by atoms with E-state index in [1.165, 1.54) is 44.6 Å². The Morgan fingerprint density at radius 3 is 2.06 bits per heavy atom. The minimum atomic E-state index is -4.08. The van der Waals surface area contributed by atoms with Gasteiger partial charge < -0.3 is 10.5 Å². The Kier molecular flexibility index (Phi) is 18.6. The van der Waals surface area contributed by atoms with E-state index in [1.54, 1.807) is 18.2 Å². The molecule has 7 nitrogen and oxygen atoms in total. The van der Waals surface area contributed by atoms with Crippen LogP contribution in [0.1, 0.15) is 96.5 Å². The maximum atomic E-state index is 11.2. The van der Waals surface area contributed by atoms with Crippen molar-refractivity contribution in [1.29, 1.82) is 0 Å². The third kappa shape index (κ3) is 17.4. The van der Waals surface area contributed by atoms with Crippen LogP contribution in [0.15, 0.2) is 29.2 Å². The molecule has 0 heterocycles. The van der Waals surface area contributed by atoms with Gasteiger partial charge in [0.25, 0.3) is 10.1 Å². The van der Waals surface area contributed by atoms with Gasteiger partial charge in [-0.15, -0.1) is 0 Å². The van der Waals surface area contributed by atoms with E-state index in [9.17, 15) is 18.0 Å². The van der Waals surface area contributed by atoms with Gasteiger partial charge in [-0.1, -0.05) is 83.4 Å². The molecule has 1 rings (SSSR count). The number of aryl methyl sites for hydroxylation is 1.